The molecule has 25 heavy (non-hydrogen) atoms. The van der Waals surface area contributed by atoms with E-state index in [9.17, 15) is 13.2 Å². The van der Waals surface area contributed by atoms with Gasteiger partial charge in [0, 0.05) is 29.6 Å². The summed E-state index contributed by atoms with van der Waals surface area (Å²) >= 11 is 0. The maximum atomic E-state index is 12.3. The number of alkyl halides is 3. The van der Waals surface area contributed by atoms with Gasteiger partial charge in [0.25, 0.3) is 0 Å². The number of hydrogen-bond acceptors (Lipinski definition) is 2. The van der Waals surface area contributed by atoms with Crippen molar-refractivity contribution in [2.24, 2.45) is 0 Å². The molecule has 0 aliphatic carbocycles. The molecule has 2 N–H and O–H groups in total. The van der Waals surface area contributed by atoms with E-state index in [1.165, 1.54) is 23.4 Å². The zero-order valence-corrected chi connectivity index (χ0v) is 13.4. The Kier molecular flexibility index (Phi) is 3.92. The summed E-state index contributed by atoms with van der Waals surface area (Å²) in [6, 6.07) is 12.1. The second-order valence-electron chi connectivity index (χ2n) is 6.13. The van der Waals surface area contributed by atoms with Crippen molar-refractivity contribution in [1.29, 1.82) is 0 Å². The van der Waals surface area contributed by atoms with E-state index < -0.39 is 6.36 Å². The zero-order chi connectivity index (χ0) is 17.4. The molecule has 130 valence electrons. The predicted molar refractivity (Wildman–Crippen MR) is 90.7 cm³/mol. The first-order chi connectivity index (χ1) is 12.0. The van der Waals surface area contributed by atoms with Crippen molar-refractivity contribution in [2.75, 3.05) is 13.1 Å². The van der Waals surface area contributed by atoms with Crippen molar-refractivity contribution in [3.05, 3.63) is 53.7 Å². The summed E-state index contributed by atoms with van der Waals surface area (Å²) in [7, 11) is 0. The fraction of sp³-hybridized carbons (Fsp3) is 0.263. The van der Waals surface area contributed by atoms with E-state index in [0.717, 1.165) is 48.0 Å². The minimum Gasteiger partial charge on any atom is -0.406 e. The molecule has 0 radical (unpaired) electrons. The average Bonchev–Trinajstić information content (AvgIpc) is 2.76. The Morgan fingerprint density at radius 3 is 2.44 bits per heavy atom. The van der Waals surface area contributed by atoms with Crippen molar-refractivity contribution in [3.63, 3.8) is 0 Å². The highest BCUT2D eigenvalue weighted by atomic mass is 19.4. The van der Waals surface area contributed by atoms with Crippen LogP contribution in [0.3, 0.4) is 0 Å². The Bertz CT molecular complexity index is 897. The summed E-state index contributed by atoms with van der Waals surface area (Å²) in [5.74, 6) is -0.208. The largest absolute Gasteiger partial charge is 0.573 e. The summed E-state index contributed by atoms with van der Waals surface area (Å²) in [5.41, 5.74) is 5.50. The summed E-state index contributed by atoms with van der Waals surface area (Å²) in [4.78, 5) is 3.50. The molecule has 1 aliphatic heterocycles. The highest BCUT2D eigenvalue weighted by molar-refractivity contribution is 5.98. The lowest BCUT2D eigenvalue weighted by molar-refractivity contribution is -0.274. The lowest BCUT2D eigenvalue weighted by Crippen LogP contribution is -2.16. The van der Waals surface area contributed by atoms with E-state index in [1.54, 1.807) is 12.1 Å². The maximum absolute atomic E-state index is 12.3. The van der Waals surface area contributed by atoms with Gasteiger partial charge in [-0.05, 0) is 47.9 Å². The SMILES string of the molecule is FC(F)(F)Oc1ccc(-c2cccc3[nH]c4c(c23)CCNCC4)cc1. The molecular weight excluding hydrogens is 329 g/mol. The van der Waals surface area contributed by atoms with Crippen LogP contribution in [0.1, 0.15) is 11.3 Å². The van der Waals surface area contributed by atoms with Crippen LogP contribution >= 0.6 is 0 Å². The van der Waals surface area contributed by atoms with Crippen LogP contribution < -0.4 is 10.1 Å². The Labute approximate surface area is 142 Å². The van der Waals surface area contributed by atoms with E-state index in [4.69, 9.17) is 0 Å². The van der Waals surface area contributed by atoms with Gasteiger partial charge in [-0.3, -0.25) is 0 Å². The van der Waals surface area contributed by atoms with Crippen LogP contribution in [-0.2, 0) is 12.8 Å². The molecule has 0 unspecified atom stereocenters. The van der Waals surface area contributed by atoms with Crippen molar-refractivity contribution in [1.82, 2.24) is 10.3 Å². The Balaban J connectivity index is 1.77. The van der Waals surface area contributed by atoms with Crippen LogP contribution in [0.25, 0.3) is 22.0 Å². The first kappa shape index (κ1) is 16.0. The van der Waals surface area contributed by atoms with Gasteiger partial charge in [0.05, 0.1) is 0 Å². The monoisotopic (exact) mass is 346 g/mol. The summed E-state index contributed by atoms with van der Waals surface area (Å²) < 4.78 is 40.9. The number of benzene rings is 2. The van der Waals surface area contributed by atoms with Gasteiger partial charge < -0.3 is 15.0 Å². The number of aromatic amines is 1. The average molecular weight is 346 g/mol. The third-order valence-electron chi connectivity index (χ3n) is 4.52. The first-order valence-corrected chi connectivity index (χ1v) is 8.20. The highest BCUT2D eigenvalue weighted by Gasteiger charge is 2.31. The van der Waals surface area contributed by atoms with E-state index in [1.807, 2.05) is 18.2 Å². The molecule has 0 saturated carbocycles. The van der Waals surface area contributed by atoms with Crippen LogP contribution in [0, 0.1) is 0 Å². The number of halogens is 3. The number of aromatic nitrogens is 1. The summed E-state index contributed by atoms with van der Waals surface area (Å²) in [6.45, 7) is 1.87. The number of nitrogens with one attached hydrogen (secondary N) is 2. The van der Waals surface area contributed by atoms with Crippen LogP contribution in [0.4, 0.5) is 13.2 Å². The van der Waals surface area contributed by atoms with Crippen molar-refractivity contribution >= 4 is 10.9 Å². The molecule has 4 rings (SSSR count). The second kappa shape index (κ2) is 6.11. The molecule has 0 saturated heterocycles. The van der Waals surface area contributed by atoms with E-state index in [0.29, 0.717) is 0 Å². The molecule has 0 bridgehead atoms. The summed E-state index contributed by atoms with van der Waals surface area (Å²) in [6.07, 6.45) is -2.80. The number of fused-ring (bicyclic) bond motifs is 3. The Morgan fingerprint density at radius 1 is 0.920 bits per heavy atom. The molecule has 2 heterocycles. The van der Waals surface area contributed by atoms with Gasteiger partial charge in [0.15, 0.2) is 0 Å². The molecule has 1 aliphatic rings. The fourth-order valence-corrected chi connectivity index (χ4v) is 3.49. The van der Waals surface area contributed by atoms with E-state index in [2.05, 4.69) is 15.0 Å². The fourth-order valence-electron chi connectivity index (χ4n) is 3.49. The second-order valence-corrected chi connectivity index (χ2v) is 6.13. The number of hydrogen-bond donors (Lipinski definition) is 2. The minimum atomic E-state index is -4.67. The molecule has 1 aromatic heterocycles. The van der Waals surface area contributed by atoms with Crippen LogP contribution in [0.2, 0.25) is 0 Å². The molecule has 6 heteroatoms. The number of H-pyrrole nitrogens is 1. The van der Waals surface area contributed by atoms with Gasteiger partial charge in [0.2, 0.25) is 0 Å². The van der Waals surface area contributed by atoms with Gasteiger partial charge in [0.1, 0.15) is 5.75 Å². The molecular formula is C19H17F3N2O. The standard InChI is InChI=1S/C19H17F3N2O/c20-19(21,22)25-13-6-4-12(5-7-13)14-2-1-3-17-18(14)15-8-10-23-11-9-16(15)24-17/h1-7,23-24H,8-11H2. The van der Waals surface area contributed by atoms with Gasteiger partial charge >= 0.3 is 6.36 Å². The highest BCUT2D eigenvalue weighted by Crippen LogP contribution is 2.35. The predicted octanol–water partition coefficient (Wildman–Crippen LogP) is 4.42. The van der Waals surface area contributed by atoms with Gasteiger partial charge in [-0.15, -0.1) is 13.2 Å². The Morgan fingerprint density at radius 2 is 1.68 bits per heavy atom. The number of ether oxygens (including phenoxy) is 1. The number of rotatable bonds is 2. The van der Waals surface area contributed by atoms with Crippen molar-refractivity contribution in [2.45, 2.75) is 19.2 Å². The minimum absolute atomic E-state index is 0.208. The first-order valence-electron chi connectivity index (χ1n) is 8.20. The summed E-state index contributed by atoms with van der Waals surface area (Å²) in [5, 5.41) is 4.55. The zero-order valence-electron chi connectivity index (χ0n) is 13.4. The quantitative estimate of drug-likeness (QED) is 0.721. The molecule has 3 aromatic rings. The topological polar surface area (TPSA) is 37.0 Å². The van der Waals surface area contributed by atoms with Gasteiger partial charge in [-0.25, -0.2) is 0 Å². The molecule has 2 aromatic carbocycles. The van der Waals surface area contributed by atoms with Crippen LogP contribution in [0.15, 0.2) is 42.5 Å². The molecule has 0 amide bonds. The van der Waals surface area contributed by atoms with Crippen molar-refractivity contribution in [3.8, 4) is 16.9 Å². The Hall–Kier alpha value is -2.47. The van der Waals surface area contributed by atoms with Gasteiger partial charge in [-0.2, -0.15) is 0 Å². The van der Waals surface area contributed by atoms with Gasteiger partial charge in [-0.1, -0.05) is 24.3 Å². The maximum Gasteiger partial charge on any atom is 0.573 e. The van der Waals surface area contributed by atoms with Crippen molar-refractivity contribution < 1.29 is 17.9 Å². The van der Waals surface area contributed by atoms with E-state index >= 15 is 0 Å². The molecule has 0 spiro atoms. The third kappa shape index (κ3) is 3.22. The lowest BCUT2D eigenvalue weighted by atomic mass is 9.97. The van der Waals surface area contributed by atoms with Crippen LogP contribution in [0.5, 0.6) is 5.75 Å². The molecule has 0 atom stereocenters. The molecule has 3 nitrogen and oxygen atoms in total. The third-order valence-corrected chi connectivity index (χ3v) is 4.52. The molecule has 0 fully saturated rings. The van der Waals surface area contributed by atoms with E-state index in [-0.39, 0.29) is 5.75 Å². The normalized spacial score (nSPS) is 15.0. The lowest BCUT2D eigenvalue weighted by Gasteiger charge is -2.10. The smallest absolute Gasteiger partial charge is 0.406 e. The van der Waals surface area contributed by atoms with Crippen LogP contribution in [-0.4, -0.2) is 24.4 Å².